The van der Waals surface area contributed by atoms with Crippen LogP contribution in [0.1, 0.15) is 30.9 Å². The summed E-state index contributed by atoms with van der Waals surface area (Å²) in [6.45, 7) is 2.59. The Labute approximate surface area is 116 Å². The van der Waals surface area contributed by atoms with Crippen molar-refractivity contribution in [3.63, 3.8) is 0 Å². The molecule has 1 spiro atoms. The molecule has 3 rings (SSSR count). The van der Waals surface area contributed by atoms with E-state index in [-0.39, 0.29) is 5.79 Å². The Morgan fingerprint density at radius 3 is 2.89 bits per heavy atom. The van der Waals surface area contributed by atoms with E-state index >= 15 is 0 Å². The van der Waals surface area contributed by atoms with E-state index in [1.165, 1.54) is 5.56 Å². The molecule has 2 heterocycles. The van der Waals surface area contributed by atoms with Gasteiger partial charge in [0.25, 0.3) is 0 Å². The quantitative estimate of drug-likeness (QED) is 0.865. The number of halogens is 1. The maximum atomic E-state index is 5.91. The van der Waals surface area contributed by atoms with Gasteiger partial charge in [-0.2, -0.15) is 0 Å². The van der Waals surface area contributed by atoms with E-state index in [1.54, 1.807) is 0 Å². The van der Waals surface area contributed by atoms with E-state index in [2.05, 4.69) is 45.5 Å². The highest BCUT2D eigenvalue weighted by atomic mass is 79.9. The third-order valence-corrected chi connectivity index (χ3v) is 4.17. The second kappa shape index (κ2) is 5.29. The standard InChI is InChI=1S/C14H18BrNO2/c15-12-4-1-3-11(9-12)13-10-14(5-6-16-13)17-7-2-8-18-14/h1,3-4,9,13,16H,2,5-8,10H2. The molecule has 4 heteroatoms. The molecule has 3 nitrogen and oxygen atoms in total. The fourth-order valence-electron chi connectivity index (χ4n) is 2.76. The van der Waals surface area contributed by atoms with Gasteiger partial charge in [-0.25, -0.2) is 0 Å². The van der Waals surface area contributed by atoms with Gasteiger partial charge in [-0.1, -0.05) is 28.1 Å². The molecule has 0 amide bonds. The second-order valence-corrected chi connectivity index (χ2v) is 5.89. The highest BCUT2D eigenvalue weighted by molar-refractivity contribution is 9.10. The molecule has 2 fully saturated rings. The second-order valence-electron chi connectivity index (χ2n) is 4.98. The third kappa shape index (κ3) is 2.62. The van der Waals surface area contributed by atoms with Crippen molar-refractivity contribution in [1.82, 2.24) is 5.32 Å². The fourth-order valence-corrected chi connectivity index (χ4v) is 3.18. The zero-order chi connectivity index (χ0) is 12.4. The van der Waals surface area contributed by atoms with Crippen LogP contribution in [0.4, 0.5) is 0 Å². The zero-order valence-corrected chi connectivity index (χ0v) is 11.9. The molecule has 0 saturated carbocycles. The van der Waals surface area contributed by atoms with Crippen LogP contribution in [-0.4, -0.2) is 25.5 Å². The SMILES string of the molecule is Brc1cccc(C2CC3(CCN2)OCCCO3)c1. The van der Waals surface area contributed by atoms with Gasteiger partial charge in [-0.15, -0.1) is 0 Å². The summed E-state index contributed by atoms with van der Waals surface area (Å²) in [5.41, 5.74) is 1.29. The van der Waals surface area contributed by atoms with Crippen molar-refractivity contribution in [2.24, 2.45) is 0 Å². The maximum absolute atomic E-state index is 5.91. The maximum Gasteiger partial charge on any atom is 0.171 e. The Morgan fingerprint density at radius 2 is 2.11 bits per heavy atom. The van der Waals surface area contributed by atoms with E-state index in [0.29, 0.717) is 6.04 Å². The number of piperidine rings is 1. The molecule has 0 aliphatic carbocycles. The molecule has 0 radical (unpaired) electrons. The van der Waals surface area contributed by atoms with Crippen LogP contribution in [0.5, 0.6) is 0 Å². The van der Waals surface area contributed by atoms with Gasteiger partial charge >= 0.3 is 0 Å². The molecule has 2 aliphatic heterocycles. The Hall–Kier alpha value is -0.420. The minimum absolute atomic E-state index is 0.314. The molecule has 0 bridgehead atoms. The van der Waals surface area contributed by atoms with Crippen LogP contribution >= 0.6 is 15.9 Å². The number of nitrogens with one attached hydrogen (secondary N) is 1. The van der Waals surface area contributed by atoms with Crippen molar-refractivity contribution >= 4 is 15.9 Å². The summed E-state index contributed by atoms with van der Waals surface area (Å²) in [5, 5.41) is 3.55. The van der Waals surface area contributed by atoms with Gasteiger partial charge in [0.15, 0.2) is 5.79 Å². The summed E-state index contributed by atoms with van der Waals surface area (Å²) in [4.78, 5) is 0. The first kappa shape index (κ1) is 12.6. The third-order valence-electron chi connectivity index (χ3n) is 3.68. The van der Waals surface area contributed by atoms with E-state index in [9.17, 15) is 0 Å². The van der Waals surface area contributed by atoms with Crippen LogP contribution in [0, 0.1) is 0 Å². The number of hydrogen-bond donors (Lipinski definition) is 1. The lowest BCUT2D eigenvalue weighted by molar-refractivity contribution is -0.281. The van der Waals surface area contributed by atoms with Crippen molar-refractivity contribution < 1.29 is 9.47 Å². The average molecular weight is 312 g/mol. The highest BCUT2D eigenvalue weighted by Gasteiger charge is 2.40. The van der Waals surface area contributed by atoms with Gasteiger partial charge in [0, 0.05) is 29.9 Å². The number of ether oxygens (including phenoxy) is 2. The van der Waals surface area contributed by atoms with Crippen LogP contribution in [0.25, 0.3) is 0 Å². The Morgan fingerprint density at radius 1 is 1.28 bits per heavy atom. The van der Waals surface area contributed by atoms with Crippen molar-refractivity contribution in [2.75, 3.05) is 19.8 Å². The number of hydrogen-bond acceptors (Lipinski definition) is 3. The lowest BCUT2D eigenvalue weighted by Crippen LogP contribution is -2.49. The molecule has 1 N–H and O–H groups in total. The van der Waals surface area contributed by atoms with Crippen molar-refractivity contribution in [3.8, 4) is 0 Å². The molecule has 1 atom stereocenters. The smallest absolute Gasteiger partial charge is 0.171 e. The Bertz CT molecular complexity index is 413. The molecular weight excluding hydrogens is 294 g/mol. The molecule has 98 valence electrons. The summed E-state index contributed by atoms with van der Waals surface area (Å²) in [6.07, 6.45) is 2.84. The molecule has 1 aromatic carbocycles. The van der Waals surface area contributed by atoms with Gasteiger partial charge in [0.2, 0.25) is 0 Å². The van der Waals surface area contributed by atoms with Crippen LogP contribution in [0.2, 0.25) is 0 Å². The summed E-state index contributed by atoms with van der Waals surface area (Å²) in [7, 11) is 0. The van der Waals surface area contributed by atoms with E-state index in [1.807, 2.05) is 0 Å². The molecule has 2 aliphatic rings. The largest absolute Gasteiger partial charge is 0.350 e. The summed E-state index contributed by atoms with van der Waals surface area (Å²) in [5.74, 6) is -0.351. The van der Waals surface area contributed by atoms with Gasteiger partial charge in [0.05, 0.1) is 13.2 Å². The van der Waals surface area contributed by atoms with Crippen LogP contribution in [-0.2, 0) is 9.47 Å². The van der Waals surface area contributed by atoms with Crippen LogP contribution in [0.3, 0.4) is 0 Å². The number of benzene rings is 1. The summed E-state index contributed by atoms with van der Waals surface area (Å²) in [6, 6.07) is 8.76. The Kier molecular flexibility index (Phi) is 3.71. The molecule has 0 aromatic heterocycles. The minimum atomic E-state index is -0.351. The van der Waals surface area contributed by atoms with Crippen LogP contribution < -0.4 is 5.32 Å². The first-order chi connectivity index (χ1) is 8.77. The molecule has 18 heavy (non-hydrogen) atoms. The van der Waals surface area contributed by atoms with E-state index < -0.39 is 0 Å². The topological polar surface area (TPSA) is 30.5 Å². The van der Waals surface area contributed by atoms with Crippen molar-refractivity contribution in [1.29, 1.82) is 0 Å². The summed E-state index contributed by atoms with van der Waals surface area (Å²) < 4.78 is 12.9. The normalized spacial score (nSPS) is 27.3. The van der Waals surface area contributed by atoms with Crippen molar-refractivity contribution in [3.05, 3.63) is 34.3 Å². The lowest BCUT2D eigenvalue weighted by Gasteiger charge is -2.43. The fraction of sp³-hybridized carbons (Fsp3) is 0.571. The average Bonchev–Trinajstić information content (AvgIpc) is 2.40. The molecule has 2 saturated heterocycles. The zero-order valence-electron chi connectivity index (χ0n) is 10.3. The van der Waals surface area contributed by atoms with E-state index in [0.717, 1.165) is 43.5 Å². The molecule has 1 unspecified atom stereocenters. The van der Waals surface area contributed by atoms with Crippen molar-refractivity contribution in [2.45, 2.75) is 31.1 Å². The van der Waals surface area contributed by atoms with E-state index in [4.69, 9.17) is 9.47 Å². The number of rotatable bonds is 1. The molecule has 1 aromatic rings. The van der Waals surface area contributed by atoms with Gasteiger partial charge in [-0.3, -0.25) is 0 Å². The monoisotopic (exact) mass is 311 g/mol. The lowest BCUT2D eigenvalue weighted by atomic mass is 9.92. The predicted molar refractivity (Wildman–Crippen MR) is 73.4 cm³/mol. The Balaban J connectivity index is 1.77. The highest BCUT2D eigenvalue weighted by Crippen LogP contribution is 2.36. The van der Waals surface area contributed by atoms with Gasteiger partial charge in [0.1, 0.15) is 0 Å². The van der Waals surface area contributed by atoms with Gasteiger partial charge in [-0.05, 0) is 24.1 Å². The summed E-state index contributed by atoms with van der Waals surface area (Å²) >= 11 is 3.53. The minimum Gasteiger partial charge on any atom is -0.350 e. The molecular formula is C14H18BrNO2. The first-order valence-electron chi connectivity index (χ1n) is 6.54. The first-order valence-corrected chi connectivity index (χ1v) is 7.34. The van der Waals surface area contributed by atoms with Gasteiger partial charge < -0.3 is 14.8 Å². The van der Waals surface area contributed by atoms with Crippen LogP contribution in [0.15, 0.2) is 28.7 Å². The predicted octanol–water partition coefficient (Wildman–Crippen LogP) is 3.01.